The molecule has 2 saturated heterocycles. The van der Waals surface area contributed by atoms with Crippen LogP contribution in [0.25, 0.3) is 0 Å². The smallest absolute Gasteiger partial charge is 0.134 e. The zero-order valence-electron chi connectivity index (χ0n) is 11.5. The van der Waals surface area contributed by atoms with Gasteiger partial charge >= 0.3 is 0 Å². The third kappa shape index (κ3) is 2.52. The summed E-state index contributed by atoms with van der Waals surface area (Å²) in [7, 11) is 0. The van der Waals surface area contributed by atoms with Crippen LogP contribution in [-0.4, -0.2) is 47.4 Å². The summed E-state index contributed by atoms with van der Waals surface area (Å²) in [6, 6.07) is 2.30. The van der Waals surface area contributed by atoms with E-state index in [1.165, 1.54) is 6.42 Å². The van der Waals surface area contributed by atoms with Gasteiger partial charge in [0.2, 0.25) is 0 Å². The molecular weight excluding hydrogens is 240 g/mol. The molecule has 0 aromatic carbocycles. The molecule has 0 aliphatic carbocycles. The van der Waals surface area contributed by atoms with Gasteiger partial charge < -0.3 is 14.9 Å². The first-order valence-corrected chi connectivity index (χ1v) is 7.22. The van der Waals surface area contributed by atoms with Crippen LogP contribution in [0.2, 0.25) is 0 Å². The van der Waals surface area contributed by atoms with Crippen LogP contribution in [0, 0.1) is 5.92 Å². The highest BCUT2D eigenvalue weighted by Gasteiger charge is 2.26. The van der Waals surface area contributed by atoms with E-state index in [1.54, 1.807) is 6.33 Å². The fraction of sp³-hybridized carbons (Fsp3) is 0.714. The van der Waals surface area contributed by atoms with E-state index in [2.05, 4.69) is 32.8 Å². The maximum Gasteiger partial charge on any atom is 0.134 e. The summed E-state index contributed by atoms with van der Waals surface area (Å²) in [4.78, 5) is 13.3. The number of rotatable bonds is 3. The van der Waals surface area contributed by atoms with Crippen LogP contribution in [-0.2, 0) is 0 Å². The minimum absolute atomic E-state index is 0.208. The van der Waals surface area contributed by atoms with Crippen molar-refractivity contribution in [2.24, 2.45) is 5.92 Å². The van der Waals surface area contributed by atoms with Crippen molar-refractivity contribution in [1.82, 2.24) is 9.97 Å². The highest BCUT2D eigenvalue weighted by Crippen LogP contribution is 2.27. The molecule has 0 unspecified atom stereocenters. The Labute approximate surface area is 114 Å². The number of hydrogen-bond donors (Lipinski definition) is 1. The molecule has 0 saturated carbocycles. The topological polar surface area (TPSA) is 52.5 Å². The molecule has 0 bridgehead atoms. The van der Waals surface area contributed by atoms with Crippen molar-refractivity contribution in [1.29, 1.82) is 0 Å². The molecule has 2 fully saturated rings. The Kier molecular flexibility index (Phi) is 3.55. The van der Waals surface area contributed by atoms with Gasteiger partial charge in [-0.25, -0.2) is 9.97 Å². The summed E-state index contributed by atoms with van der Waals surface area (Å²) in [5.41, 5.74) is 0. The highest BCUT2D eigenvalue weighted by atomic mass is 16.3. The van der Waals surface area contributed by atoms with E-state index in [0.29, 0.717) is 0 Å². The molecule has 5 heteroatoms. The van der Waals surface area contributed by atoms with Gasteiger partial charge in [-0.05, 0) is 25.2 Å². The van der Waals surface area contributed by atoms with Gasteiger partial charge in [0, 0.05) is 25.7 Å². The third-order valence-corrected chi connectivity index (χ3v) is 4.27. The summed E-state index contributed by atoms with van der Waals surface area (Å²) in [6.45, 7) is 5.64. The molecule has 0 amide bonds. The Morgan fingerprint density at radius 3 is 2.84 bits per heavy atom. The minimum atomic E-state index is 0.208. The van der Waals surface area contributed by atoms with E-state index in [4.69, 9.17) is 0 Å². The van der Waals surface area contributed by atoms with Gasteiger partial charge in [0.25, 0.3) is 0 Å². The molecule has 2 aliphatic heterocycles. The van der Waals surface area contributed by atoms with Gasteiger partial charge in [0.05, 0.1) is 12.6 Å². The first kappa shape index (κ1) is 12.7. The molecule has 1 aromatic heterocycles. The monoisotopic (exact) mass is 262 g/mol. The van der Waals surface area contributed by atoms with E-state index < -0.39 is 0 Å². The third-order valence-electron chi connectivity index (χ3n) is 4.27. The lowest BCUT2D eigenvalue weighted by Crippen LogP contribution is -2.33. The van der Waals surface area contributed by atoms with Crippen LogP contribution in [0.3, 0.4) is 0 Å². The summed E-state index contributed by atoms with van der Waals surface area (Å²) in [5, 5.41) is 9.42. The van der Waals surface area contributed by atoms with Crippen LogP contribution in [0.1, 0.15) is 26.2 Å². The van der Waals surface area contributed by atoms with E-state index in [-0.39, 0.29) is 12.6 Å². The van der Waals surface area contributed by atoms with Crippen molar-refractivity contribution >= 4 is 11.6 Å². The summed E-state index contributed by atoms with van der Waals surface area (Å²) in [6.07, 6.45) is 5.07. The molecule has 3 rings (SSSR count). The second-order valence-corrected chi connectivity index (χ2v) is 5.75. The molecule has 3 heterocycles. The van der Waals surface area contributed by atoms with Crippen LogP contribution in [0.4, 0.5) is 11.6 Å². The van der Waals surface area contributed by atoms with Gasteiger partial charge in [-0.3, -0.25) is 0 Å². The zero-order valence-corrected chi connectivity index (χ0v) is 11.5. The summed E-state index contributed by atoms with van der Waals surface area (Å²) >= 11 is 0. The van der Waals surface area contributed by atoms with Crippen molar-refractivity contribution in [3.05, 3.63) is 12.4 Å². The van der Waals surface area contributed by atoms with Gasteiger partial charge in [-0.2, -0.15) is 0 Å². The molecule has 0 spiro atoms. The summed E-state index contributed by atoms with van der Waals surface area (Å²) < 4.78 is 0. The predicted octanol–water partition coefficient (Wildman–Crippen LogP) is 1.28. The molecule has 19 heavy (non-hydrogen) atoms. The number of anilines is 2. The molecule has 1 N–H and O–H groups in total. The number of hydrogen-bond acceptors (Lipinski definition) is 5. The van der Waals surface area contributed by atoms with Crippen molar-refractivity contribution in [3.63, 3.8) is 0 Å². The van der Waals surface area contributed by atoms with Gasteiger partial charge in [-0.1, -0.05) is 6.92 Å². The molecular formula is C14H22N4O. The quantitative estimate of drug-likeness (QED) is 0.889. The first-order chi connectivity index (χ1) is 9.28. The van der Waals surface area contributed by atoms with Gasteiger partial charge in [0.15, 0.2) is 0 Å². The molecule has 0 radical (unpaired) electrons. The van der Waals surface area contributed by atoms with Gasteiger partial charge in [-0.15, -0.1) is 0 Å². The highest BCUT2D eigenvalue weighted by molar-refractivity contribution is 5.51. The Morgan fingerprint density at radius 1 is 1.26 bits per heavy atom. The normalized spacial score (nSPS) is 27.3. The largest absolute Gasteiger partial charge is 0.394 e. The van der Waals surface area contributed by atoms with E-state index in [9.17, 15) is 5.11 Å². The predicted molar refractivity (Wildman–Crippen MR) is 75.5 cm³/mol. The lowest BCUT2D eigenvalue weighted by Gasteiger charge is -2.25. The second-order valence-electron chi connectivity index (χ2n) is 5.75. The average molecular weight is 262 g/mol. The van der Waals surface area contributed by atoms with E-state index in [0.717, 1.165) is 50.0 Å². The first-order valence-electron chi connectivity index (χ1n) is 7.22. The Hall–Kier alpha value is -1.36. The fourth-order valence-corrected chi connectivity index (χ4v) is 3.14. The van der Waals surface area contributed by atoms with Crippen molar-refractivity contribution in [2.75, 3.05) is 36.0 Å². The Balaban J connectivity index is 1.79. The van der Waals surface area contributed by atoms with Crippen LogP contribution >= 0.6 is 0 Å². The second kappa shape index (κ2) is 5.33. The Bertz CT molecular complexity index is 439. The molecule has 5 nitrogen and oxygen atoms in total. The molecule has 1 aromatic rings. The minimum Gasteiger partial charge on any atom is -0.394 e. The van der Waals surface area contributed by atoms with Crippen LogP contribution in [0.15, 0.2) is 12.4 Å². The van der Waals surface area contributed by atoms with Crippen molar-refractivity contribution < 1.29 is 5.11 Å². The average Bonchev–Trinajstić information content (AvgIpc) is 3.07. The van der Waals surface area contributed by atoms with E-state index >= 15 is 0 Å². The number of aliphatic hydroxyl groups excluding tert-OH is 1. The van der Waals surface area contributed by atoms with Gasteiger partial charge in [0.1, 0.15) is 18.0 Å². The van der Waals surface area contributed by atoms with Crippen LogP contribution in [0.5, 0.6) is 0 Å². The number of aliphatic hydroxyl groups is 1. The lowest BCUT2D eigenvalue weighted by molar-refractivity contribution is 0.266. The van der Waals surface area contributed by atoms with Crippen LogP contribution < -0.4 is 9.80 Å². The summed E-state index contributed by atoms with van der Waals surface area (Å²) in [5.74, 6) is 2.73. The zero-order chi connectivity index (χ0) is 13.2. The maximum absolute atomic E-state index is 9.42. The van der Waals surface area contributed by atoms with Crippen molar-refractivity contribution in [2.45, 2.75) is 32.2 Å². The number of aromatic nitrogens is 2. The fourth-order valence-electron chi connectivity index (χ4n) is 3.14. The molecule has 2 atom stereocenters. The van der Waals surface area contributed by atoms with Crippen molar-refractivity contribution in [3.8, 4) is 0 Å². The Morgan fingerprint density at radius 2 is 2.11 bits per heavy atom. The molecule has 2 aliphatic rings. The standard InChI is InChI=1S/C14H22N4O/c1-11-4-6-17(8-11)13-7-14(16-10-15-13)18-5-2-3-12(18)9-19/h7,10-12,19H,2-6,8-9H2,1H3/t11-,12+/m0/s1. The lowest BCUT2D eigenvalue weighted by atomic mass is 10.2. The SMILES string of the molecule is C[C@H]1CCN(c2cc(N3CCC[C@@H]3CO)ncn2)C1. The van der Waals surface area contributed by atoms with E-state index in [1.807, 2.05) is 0 Å². The molecule has 104 valence electrons. The maximum atomic E-state index is 9.42. The number of nitrogens with zero attached hydrogens (tertiary/aromatic N) is 4.